The molecule has 3 aromatic rings. The maximum Gasteiger partial charge on any atom is 0.335 e. The van der Waals surface area contributed by atoms with Crippen LogP contribution in [0.3, 0.4) is 0 Å². The van der Waals surface area contributed by atoms with Gasteiger partial charge < -0.3 is 4.74 Å². The number of benzene rings is 3. The minimum Gasteiger partial charge on any atom is -0.487 e. The van der Waals surface area contributed by atoms with Crippen LogP contribution in [0, 0.1) is 20.2 Å². The van der Waals surface area contributed by atoms with Crippen LogP contribution in [0.1, 0.15) is 11.1 Å². The fraction of sp³-hybridized carbons (Fsp3) is 0.0417. The fourth-order valence-electron chi connectivity index (χ4n) is 3.48. The number of anilines is 1. The summed E-state index contributed by atoms with van der Waals surface area (Å²) >= 11 is 6.75. The summed E-state index contributed by atoms with van der Waals surface area (Å²) in [6.45, 7) is 0.0158. The third-order valence-electron chi connectivity index (χ3n) is 5.29. The fourth-order valence-corrected chi connectivity index (χ4v) is 4.85. The average Bonchev–Trinajstić information content (AvgIpc) is 2.86. The van der Waals surface area contributed by atoms with Crippen LogP contribution in [0.25, 0.3) is 6.08 Å². The van der Waals surface area contributed by atoms with Crippen molar-refractivity contribution in [1.82, 2.24) is 5.32 Å². The molecule has 3 aromatic carbocycles. The molecular weight excluding hydrogens is 632 g/mol. The zero-order chi connectivity index (χ0) is 27.6. The number of urea groups is 1. The monoisotopic (exact) mass is 644 g/mol. The Labute approximate surface area is 230 Å². The van der Waals surface area contributed by atoms with Gasteiger partial charge in [0.1, 0.15) is 17.9 Å². The Hall–Kier alpha value is -4.43. The van der Waals surface area contributed by atoms with Crippen LogP contribution >= 0.6 is 31.9 Å². The number of rotatable bonds is 7. The second-order valence-corrected chi connectivity index (χ2v) is 9.52. The molecule has 192 valence electrons. The van der Waals surface area contributed by atoms with Gasteiger partial charge in [0.25, 0.3) is 23.2 Å². The zero-order valence-corrected chi connectivity index (χ0v) is 22.1. The van der Waals surface area contributed by atoms with E-state index in [-0.39, 0.29) is 35.0 Å². The molecule has 1 N–H and O–H groups in total. The summed E-state index contributed by atoms with van der Waals surface area (Å²) in [6, 6.07) is 12.7. The van der Waals surface area contributed by atoms with Crippen molar-refractivity contribution in [2.45, 2.75) is 6.61 Å². The van der Waals surface area contributed by atoms with Gasteiger partial charge in [-0.05, 0) is 64.0 Å². The number of non-ortho nitro benzene ring substituents is 2. The summed E-state index contributed by atoms with van der Waals surface area (Å²) in [7, 11) is 0. The molecule has 12 nitrogen and oxygen atoms in total. The average molecular weight is 646 g/mol. The van der Waals surface area contributed by atoms with E-state index in [0.717, 1.165) is 12.1 Å². The first-order valence-corrected chi connectivity index (χ1v) is 12.1. The van der Waals surface area contributed by atoms with E-state index in [4.69, 9.17) is 4.74 Å². The number of hydrogen-bond donors (Lipinski definition) is 1. The van der Waals surface area contributed by atoms with Crippen LogP contribution in [-0.2, 0) is 16.2 Å². The van der Waals surface area contributed by atoms with Crippen LogP contribution in [0.5, 0.6) is 5.75 Å². The normalized spacial score (nSPS) is 14.4. The molecule has 1 saturated heterocycles. The van der Waals surface area contributed by atoms with Crippen molar-refractivity contribution in [2.24, 2.45) is 0 Å². The Bertz CT molecular complexity index is 1520. The lowest BCUT2D eigenvalue weighted by molar-refractivity contribution is -0.385. The number of hydrogen-bond acceptors (Lipinski definition) is 8. The quantitative estimate of drug-likeness (QED) is 0.157. The Morgan fingerprint density at radius 3 is 2.05 bits per heavy atom. The summed E-state index contributed by atoms with van der Waals surface area (Å²) in [6.07, 6.45) is 1.25. The zero-order valence-electron chi connectivity index (χ0n) is 18.9. The first-order chi connectivity index (χ1) is 18.0. The highest BCUT2D eigenvalue weighted by molar-refractivity contribution is 9.11. The molecule has 38 heavy (non-hydrogen) atoms. The Balaban J connectivity index is 1.67. The van der Waals surface area contributed by atoms with E-state index in [1.165, 1.54) is 42.5 Å². The van der Waals surface area contributed by atoms with E-state index < -0.39 is 27.7 Å². The minimum atomic E-state index is -1.00. The summed E-state index contributed by atoms with van der Waals surface area (Å²) in [5.41, 5.74) is 0.280. The van der Waals surface area contributed by atoms with Gasteiger partial charge in [-0.15, -0.1) is 0 Å². The molecule has 0 aliphatic carbocycles. The Morgan fingerprint density at radius 1 is 0.895 bits per heavy atom. The van der Waals surface area contributed by atoms with Gasteiger partial charge in [-0.1, -0.05) is 15.9 Å². The lowest BCUT2D eigenvalue weighted by Gasteiger charge is -2.26. The molecule has 4 rings (SSSR count). The second-order valence-electron chi connectivity index (χ2n) is 7.75. The minimum absolute atomic E-state index is 0.0158. The Morgan fingerprint density at radius 2 is 1.47 bits per heavy atom. The number of barbiturate groups is 1. The van der Waals surface area contributed by atoms with Gasteiger partial charge >= 0.3 is 6.03 Å². The van der Waals surface area contributed by atoms with E-state index in [9.17, 15) is 34.6 Å². The molecule has 0 saturated carbocycles. The third kappa shape index (κ3) is 5.60. The van der Waals surface area contributed by atoms with Crippen molar-refractivity contribution < 1.29 is 29.0 Å². The van der Waals surface area contributed by atoms with Gasteiger partial charge in [0, 0.05) is 34.3 Å². The molecule has 0 unspecified atom stereocenters. The van der Waals surface area contributed by atoms with Gasteiger partial charge in [0.15, 0.2) is 0 Å². The molecule has 1 heterocycles. The highest BCUT2D eigenvalue weighted by Crippen LogP contribution is 2.36. The van der Waals surface area contributed by atoms with E-state index >= 15 is 0 Å². The summed E-state index contributed by atoms with van der Waals surface area (Å²) in [5, 5.41) is 23.9. The highest BCUT2D eigenvalue weighted by atomic mass is 79.9. The topological polar surface area (TPSA) is 162 Å². The first-order valence-electron chi connectivity index (χ1n) is 10.6. The number of halogens is 2. The second kappa shape index (κ2) is 10.9. The summed E-state index contributed by atoms with van der Waals surface area (Å²) < 4.78 is 6.99. The van der Waals surface area contributed by atoms with Crippen molar-refractivity contribution >= 4 is 72.8 Å². The molecule has 0 aromatic heterocycles. The van der Waals surface area contributed by atoms with Crippen molar-refractivity contribution in [3.8, 4) is 5.75 Å². The van der Waals surface area contributed by atoms with E-state index in [1.54, 1.807) is 12.1 Å². The van der Waals surface area contributed by atoms with Crippen molar-refractivity contribution in [3.05, 3.63) is 107 Å². The van der Waals surface area contributed by atoms with Gasteiger partial charge in [-0.3, -0.25) is 35.1 Å². The van der Waals surface area contributed by atoms with Crippen LogP contribution < -0.4 is 15.0 Å². The standard InChI is InChI=1S/C24H14Br2N4O8/c25-15-9-14(21(20(26)11-15)38-12-13-1-3-17(4-2-13)29(34)35)10-19-22(31)27-24(33)28(23(19)32)16-5-7-18(8-6-16)30(36)37/h1-11H,12H2,(H,27,31,33)/b19-10+. The summed E-state index contributed by atoms with van der Waals surface area (Å²) in [4.78, 5) is 59.7. The number of ether oxygens (including phenoxy) is 1. The number of nitrogens with zero attached hydrogens (tertiary/aromatic N) is 3. The van der Waals surface area contributed by atoms with Crippen molar-refractivity contribution in [3.63, 3.8) is 0 Å². The predicted molar refractivity (Wildman–Crippen MR) is 141 cm³/mol. The van der Waals surface area contributed by atoms with E-state index in [2.05, 4.69) is 37.2 Å². The first kappa shape index (κ1) is 26.6. The lowest BCUT2D eigenvalue weighted by Crippen LogP contribution is -2.54. The lowest BCUT2D eigenvalue weighted by atomic mass is 10.1. The number of amides is 4. The molecule has 0 spiro atoms. The molecule has 4 amide bonds. The van der Waals surface area contributed by atoms with Crippen LogP contribution in [0.4, 0.5) is 21.9 Å². The largest absolute Gasteiger partial charge is 0.487 e. The van der Waals surface area contributed by atoms with Crippen LogP contribution in [-0.4, -0.2) is 27.7 Å². The van der Waals surface area contributed by atoms with Crippen LogP contribution in [0.15, 0.2) is 75.2 Å². The van der Waals surface area contributed by atoms with Gasteiger partial charge in [0.05, 0.1) is 20.0 Å². The number of imide groups is 2. The van der Waals surface area contributed by atoms with Gasteiger partial charge in [-0.2, -0.15) is 0 Å². The van der Waals surface area contributed by atoms with Crippen molar-refractivity contribution in [2.75, 3.05) is 4.90 Å². The molecule has 1 aliphatic heterocycles. The molecular formula is C24H14Br2N4O8. The Kier molecular flexibility index (Phi) is 7.64. The number of carbonyl (C=O) groups excluding carboxylic acids is 3. The molecule has 0 bridgehead atoms. The van der Waals surface area contributed by atoms with E-state index in [1.807, 2.05) is 0 Å². The molecule has 1 fully saturated rings. The maximum atomic E-state index is 13.2. The smallest absolute Gasteiger partial charge is 0.335 e. The predicted octanol–water partition coefficient (Wildman–Crippen LogP) is 5.27. The molecule has 0 atom stereocenters. The molecule has 1 aliphatic rings. The SMILES string of the molecule is O=C1NC(=O)N(c2ccc([N+](=O)[O-])cc2)C(=O)/C1=C/c1cc(Br)cc(Br)c1OCc1ccc([N+](=O)[O-])cc1. The van der Waals surface area contributed by atoms with Gasteiger partial charge in [0.2, 0.25) is 0 Å². The van der Waals surface area contributed by atoms with Gasteiger partial charge in [-0.25, -0.2) is 9.69 Å². The number of nitro groups is 2. The van der Waals surface area contributed by atoms with E-state index in [0.29, 0.717) is 25.0 Å². The number of nitro benzene ring substituents is 2. The third-order valence-corrected chi connectivity index (χ3v) is 6.33. The van der Waals surface area contributed by atoms with Crippen LogP contribution in [0.2, 0.25) is 0 Å². The highest BCUT2D eigenvalue weighted by Gasteiger charge is 2.37. The number of nitrogens with one attached hydrogen (secondary N) is 1. The van der Waals surface area contributed by atoms with Crippen molar-refractivity contribution in [1.29, 1.82) is 0 Å². The summed E-state index contributed by atoms with van der Waals surface area (Å²) in [5.74, 6) is -1.61. The molecule has 14 heteroatoms. The number of carbonyl (C=O) groups is 3. The maximum absolute atomic E-state index is 13.2. The molecule has 0 radical (unpaired) electrons.